The summed E-state index contributed by atoms with van der Waals surface area (Å²) in [5, 5.41) is 7.96. The molecule has 0 aliphatic heterocycles. The van der Waals surface area contributed by atoms with Crippen LogP contribution in [-0.4, -0.2) is 23.5 Å². The molecular weight excluding hydrogens is 108 g/mol. The van der Waals surface area contributed by atoms with Crippen molar-refractivity contribution in [1.29, 1.82) is 0 Å². The Labute approximate surface area is 47.0 Å². The minimum atomic E-state index is -1.07. The Kier molecular flexibility index (Phi) is 2.79. The fourth-order valence-electron chi connectivity index (χ4n) is 0.181. The second-order valence-corrected chi connectivity index (χ2v) is 1.36. The lowest BCUT2D eigenvalue weighted by Gasteiger charge is -1.90. The van der Waals surface area contributed by atoms with Crippen LogP contribution in [-0.2, 0) is 4.79 Å². The number of hydrogen-bond acceptors (Lipinski definition) is 3. The van der Waals surface area contributed by atoms with Crippen LogP contribution in [0.15, 0.2) is 4.99 Å². The summed E-state index contributed by atoms with van der Waals surface area (Å²) in [6.07, 6.45) is 0.357. The van der Waals surface area contributed by atoms with Gasteiger partial charge in [0.2, 0.25) is 0 Å². The first-order chi connectivity index (χ1) is 3.63. The van der Waals surface area contributed by atoms with Crippen molar-refractivity contribution in [1.82, 2.24) is 0 Å². The molecule has 0 heterocycles. The fraction of sp³-hybridized carbons (Fsp3) is 0.500. The summed E-state index contributed by atoms with van der Waals surface area (Å²) < 4.78 is 0. The minimum absolute atomic E-state index is 0.425. The van der Waals surface area contributed by atoms with Crippen molar-refractivity contribution in [2.24, 2.45) is 10.7 Å². The van der Waals surface area contributed by atoms with Crippen molar-refractivity contribution in [3.8, 4) is 0 Å². The highest BCUT2D eigenvalue weighted by Gasteiger charge is 1.87. The SMILES string of the molecule is CC(N)N=CC(=O)O. The van der Waals surface area contributed by atoms with Gasteiger partial charge in [-0.25, -0.2) is 4.79 Å². The van der Waals surface area contributed by atoms with E-state index in [1.165, 1.54) is 0 Å². The molecule has 8 heavy (non-hydrogen) atoms. The zero-order chi connectivity index (χ0) is 6.57. The quantitative estimate of drug-likeness (QED) is 0.475. The van der Waals surface area contributed by atoms with Crippen LogP contribution < -0.4 is 5.73 Å². The van der Waals surface area contributed by atoms with Crippen molar-refractivity contribution < 1.29 is 9.90 Å². The van der Waals surface area contributed by atoms with Crippen molar-refractivity contribution in [3.05, 3.63) is 0 Å². The van der Waals surface area contributed by atoms with Gasteiger partial charge < -0.3 is 10.8 Å². The van der Waals surface area contributed by atoms with E-state index in [2.05, 4.69) is 4.99 Å². The fourth-order valence-corrected chi connectivity index (χ4v) is 0.181. The average Bonchev–Trinajstić information content (AvgIpc) is 1.61. The molecule has 0 bridgehead atoms. The maximum atomic E-state index is 9.70. The lowest BCUT2D eigenvalue weighted by Crippen LogP contribution is -2.12. The number of aliphatic imine (C=N–C) groups is 1. The molecule has 3 N–H and O–H groups in total. The molecule has 0 aromatic heterocycles. The predicted molar refractivity (Wildman–Crippen MR) is 29.8 cm³/mol. The van der Waals surface area contributed by atoms with Gasteiger partial charge in [-0.05, 0) is 6.92 Å². The Morgan fingerprint density at radius 1 is 2.00 bits per heavy atom. The second kappa shape index (κ2) is 3.15. The molecule has 0 fully saturated rings. The van der Waals surface area contributed by atoms with Gasteiger partial charge in [-0.1, -0.05) is 0 Å². The van der Waals surface area contributed by atoms with E-state index < -0.39 is 12.1 Å². The van der Waals surface area contributed by atoms with E-state index in [0.29, 0.717) is 0 Å². The van der Waals surface area contributed by atoms with Crippen molar-refractivity contribution >= 4 is 12.2 Å². The van der Waals surface area contributed by atoms with Crippen LogP contribution >= 0.6 is 0 Å². The number of aliphatic carboxylic acids is 1. The molecule has 0 aliphatic carbocycles. The van der Waals surface area contributed by atoms with Crippen LogP contribution in [0.1, 0.15) is 6.92 Å². The number of carbonyl (C=O) groups is 1. The van der Waals surface area contributed by atoms with E-state index in [9.17, 15) is 4.79 Å². The van der Waals surface area contributed by atoms with Gasteiger partial charge in [0.15, 0.2) is 0 Å². The van der Waals surface area contributed by atoms with Crippen LogP contribution in [0.5, 0.6) is 0 Å². The van der Waals surface area contributed by atoms with Gasteiger partial charge in [0.25, 0.3) is 0 Å². The summed E-state index contributed by atoms with van der Waals surface area (Å²) in [5.41, 5.74) is 5.08. The highest BCUT2D eigenvalue weighted by Crippen LogP contribution is 1.71. The third kappa shape index (κ3) is 5.10. The van der Waals surface area contributed by atoms with Gasteiger partial charge in [0.05, 0.1) is 6.17 Å². The number of carboxylic acid groups (broad SMARTS) is 1. The van der Waals surface area contributed by atoms with Gasteiger partial charge in [0.1, 0.15) is 6.21 Å². The average molecular weight is 116 g/mol. The molecule has 4 heteroatoms. The Morgan fingerprint density at radius 3 is 2.62 bits per heavy atom. The third-order valence-electron chi connectivity index (χ3n) is 0.420. The maximum Gasteiger partial charge on any atom is 0.346 e. The molecule has 0 spiro atoms. The van der Waals surface area contributed by atoms with Gasteiger partial charge in [0, 0.05) is 0 Å². The summed E-state index contributed by atoms with van der Waals surface area (Å²) in [6.45, 7) is 1.60. The largest absolute Gasteiger partial charge is 0.477 e. The number of rotatable bonds is 2. The lowest BCUT2D eigenvalue weighted by molar-refractivity contribution is -0.128. The monoisotopic (exact) mass is 116 g/mol. The molecule has 0 rings (SSSR count). The molecule has 0 saturated heterocycles. The summed E-state index contributed by atoms with van der Waals surface area (Å²) in [7, 11) is 0. The Hall–Kier alpha value is -0.900. The van der Waals surface area contributed by atoms with Crippen molar-refractivity contribution in [3.63, 3.8) is 0 Å². The second-order valence-electron chi connectivity index (χ2n) is 1.36. The highest BCUT2D eigenvalue weighted by atomic mass is 16.4. The Morgan fingerprint density at radius 2 is 2.50 bits per heavy atom. The summed E-state index contributed by atoms with van der Waals surface area (Å²) in [5.74, 6) is -1.07. The molecule has 1 atom stereocenters. The zero-order valence-electron chi connectivity index (χ0n) is 4.53. The molecule has 0 radical (unpaired) electrons. The van der Waals surface area contributed by atoms with E-state index >= 15 is 0 Å². The standard InChI is InChI=1S/C4H8N2O2/c1-3(5)6-2-4(7)8/h2-3H,5H2,1H3,(H,7,8). The van der Waals surface area contributed by atoms with Crippen LogP contribution in [0.3, 0.4) is 0 Å². The molecule has 0 aliphatic rings. The van der Waals surface area contributed by atoms with Gasteiger partial charge in [-0.3, -0.25) is 4.99 Å². The zero-order valence-corrected chi connectivity index (χ0v) is 4.53. The van der Waals surface area contributed by atoms with Crippen molar-refractivity contribution in [2.45, 2.75) is 13.1 Å². The van der Waals surface area contributed by atoms with E-state index in [4.69, 9.17) is 10.8 Å². The molecular formula is C4H8N2O2. The van der Waals surface area contributed by atoms with E-state index in [1.807, 2.05) is 0 Å². The van der Waals surface area contributed by atoms with Crippen LogP contribution in [0.25, 0.3) is 0 Å². The van der Waals surface area contributed by atoms with Gasteiger partial charge in [-0.2, -0.15) is 0 Å². The minimum Gasteiger partial charge on any atom is -0.477 e. The number of hydrogen-bond donors (Lipinski definition) is 2. The predicted octanol–water partition coefficient (Wildman–Crippen LogP) is -0.553. The molecule has 1 unspecified atom stereocenters. The van der Waals surface area contributed by atoms with Crippen LogP contribution in [0.2, 0.25) is 0 Å². The maximum absolute atomic E-state index is 9.70. The first kappa shape index (κ1) is 7.10. The molecule has 0 aromatic carbocycles. The highest BCUT2D eigenvalue weighted by molar-refractivity contribution is 6.22. The van der Waals surface area contributed by atoms with E-state index in [-0.39, 0.29) is 0 Å². The molecule has 4 nitrogen and oxygen atoms in total. The smallest absolute Gasteiger partial charge is 0.346 e. The van der Waals surface area contributed by atoms with Gasteiger partial charge in [-0.15, -0.1) is 0 Å². The Balaban J connectivity index is 3.50. The topological polar surface area (TPSA) is 75.7 Å². The molecule has 0 amide bonds. The third-order valence-corrected chi connectivity index (χ3v) is 0.420. The van der Waals surface area contributed by atoms with Crippen molar-refractivity contribution in [2.75, 3.05) is 0 Å². The number of nitrogens with two attached hydrogens (primary N) is 1. The summed E-state index contributed by atoms with van der Waals surface area (Å²) in [6, 6.07) is 0. The Bertz CT molecular complexity index is 109. The summed E-state index contributed by atoms with van der Waals surface area (Å²) >= 11 is 0. The molecule has 0 saturated carbocycles. The van der Waals surface area contributed by atoms with Crippen LogP contribution in [0.4, 0.5) is 0 Å². The van der Waals surface area contributed by atoms with E-state index in [1.54, 1.807) is 6.92 Å². The lowest BCUT2D eigenvalue weighted by atomic mass is 10.6. The van der Waals surface area contributed by atoms with E-state index in [0.717, 1.165) is 6.21 Å². The first-order valence-electron chi connectivity index (χ1n) is 2.14. The summed E-state index contributed by atoms with van der Waals surface area (Å²) in [4.78, 5) is 13.1. The van der Waals surface area contributed by atoms with Crippen LogP contribution in [0, 0.1) is 0 Å². The number of nitrogens with zero attached hydrogens (tertiary/aromatic N) is 1. The molecule has 0 aromatic rings. The first-order valence-corrected chi connectivity index (χ1v) is 2.14. The molecule has 46 valence electrons. The normalized spacial score (nSPS) is 14.2. The number of carboxylic acids is 1. The van der Waals surface area contributed by atoms with Gasteiger partial charge >= 0.3 is 5.97 Å².